The van der Waals surface area contributed by atoms with Gasteiger partial charge in [-0.15, -0.1) is 11.3 Å². The molecule has 0 fully saturated rings. The van der Waals surface area contributed by atoms with E-state index in [1.165, 1.54) is 4.88 Å². The van der Waals surface area contributed by atoms with E-state index in [1.807, 2.05) is 30.1 Å². The van der Waals surface area contributed by atoms with E-state index in [0.717, 1.165) is 41.9 Å². The zero-order valence-corrected chi connectivity index (χ0v) is 18.2. The van der Waals surface area contributed by atoms with E-state index < -0.39 is 0 Å². The second kappa shape index (κ2) is 9.29. The molecule has 0 spiro atoms. The standard InChI is InChI=1S/C22H27N3O3S/c1-14-5-8-17-18(11-23)22(29-20(17)9-14)24-21(26)13-25(2)12-15-6-7-16(27-3)10-19(15)28-4/h6-7,10,14H,5,8-9,12-13H2,1-4H3,(H,24,26)/t14-/m1/s1. The number of carbonyl (C=O) groups excluding carboxylic acids is 1. The molecule has 0 saturated carbocycles. The van der Waals surface area contributed by atoms with Crippen LogP contribution in [0.15, 0.2) is 18.2 Å². The minimum Gasteiger partial charge on any atom is -0.497 e. The smallest absolute Gasteiger partial charge is 0.239 e. The van der Waals surface area contributed by atoms with Crippen LogP contribution in [0.1, 0.15) is 34.9 Å². The Bertz CT molecular complexity index is 932. The van der Waals surface area contributed by atoms with Crippen molar-refractivity contribution in [3.8, 4) is 17.6 Å². The zero-order valence-electron chi connectivity index (χ0n) is 17.4. The summed E-state index contributed by atoms with van der Waals surface area (Å²) in [6, 6.07) is 7.95. The maximum absolute atomic E-state index is 12.6. The number of amides is 1. The van der Waals surface area contributed by atoms with Crippen LogP contribution in [0.4, 0.5) is 5.00 Å². The number of hydrogen-bond donors (Lipinski definition) is 1. The second-order valence-corrected chi connectivity index (χ2v) is 8.67. The lowest BCUT2D eigenvalue weighted by Gasteiger charge is -2.18. The summed E-state index contributed by atoms with van der Waals surface area (Å²) in [5, 5.41) is 13.2. The van der Waals surface area contributed by atoms with Crippen LogP contribution in [-0.2, 0) is 24.2 Å². The number of benzene rings is 1. The van der Waals surface area contributed by atoms with Crippen LogP contribution in [-0.4, -0.2) is 38.6 Å². The van der Waals surface area contributed by atoms with Crippen LogP contribution >= 0.6 is 11.3 Å². The molecule has 0 saturated heterocycles. The number of nitrogens with one attached hydrogen (secondary N) is 1. The van der Waals surface area contributed by atoms with E-state index in [9.17, 15) is 10.1 Å². The molecule has 7 heteroatoms. The van der Waals surface area contributed by atoms with Crippen LogP contribution < -0.4 is 14.8 Å². The Morgan fingerprint density at radius 1 is 1.38 bits per heavy atom. The van der Waals surface area contributed by atoms with Gasteiger partial charge in [0.25, 0.3) is 0 Å². The van der Waals surface area contributed by atoms with Gasteiger partial charge in [-0.2, -0.15) is 5.26 Å². The lowest BCUT2D eigenvalue weighted by Crippen LogP contribution is -2.30. The normalized spacial score (nSPS) is 15.5. The quantitative estimate of drug-likeness (QED) is 0.747. The van der Waals surface area contributed by atoms with Gasteiger partial charge in [-0.05, 0) is 43.9 Å². The van der Waals surface area contributed by atoms with E-state index in [4.69, 9.17) is 9.47 Å². The number of fused-ring (bicyclic) bond motifs is 1. The summed E-state index contributed by atoms with van der Waals surface area (Å²) in [6.45, 7) is 3.01. The molecule has 3 rings (SSSR count). The summed E-state index contributed by atoms with van der Waals surface area (Å²) < 4.78 is 10.7. The predicted octanol–water partition coefficient (Wildman–Crippen LogP) is 3.83. The van der Waals surface area contributed by atoms with Gasteiger partial charge in [0, 0.05) is 23.1 Å². The van der Waals surface area contributed by atoms with Crippen LogP contribution in [0.5, 0.6) is 11.5 Å². The molecule has 1 heterocycles. The molecule has 0 unspecified atom stereocenters. The molecule has 1 N–H and O–H groups in total. The third-order valence-electron chi connectivity index (χ3n) is 5.22. The van der Waals surface area contributed by atoms with E-state index in [0.29, 0.717) is 23.0 Å². The van der Waals surface area contributed by atoms with Crippen LogP contribution in [0, 0.1) is 17.2 Å². The van der Waals surface area contributed by atoms with Crippen molar-refractivity contribution in [3.63, 3.8) is 0 Å². The van der Waals surface area contributed by atoms with E-state index in [1.54, 1.807) is 25.6 Å². The second-order valence-electron chi connectivity index (χ2n) is 7.57. The van der Waals surface area contributed by atoms with Gasteiger partial charge < -0.3 is 14.8 Å². The Morgan fingerprint density at radius 3 is 2.86 bits per heavy atom. The fraction of sp³-hybridized carbons (Fsp3) is 0.455. The maximum Gasteiger partial charge on any atom is 0.239 e. The number of hydrogen-bond acceptors (Lipinski definition) is 6. The first-order valence-electron chi connectivity index (χ1n) is 9.69. The van der Waals surface area contributed by atoms with E-state index in [-0.39, 0.29) is 12.5 Å². The molecule has 1 amide bonds. The molecule has 0 bridgehead atoms. The first-order chi connectivity index (χ1) is 13.9. The Morgan fingerprint density at radius 2 is 2.17 bits per heavy atom. The topological polar surface area (TPSA) is 74.6 Å². The van der Waals surface area contributed by atoms with Gasteiger partial charge in [-0.1, -0.05) is 13.0 Å². The zero-order chi connectivity index (χ0) is 21.0. The molecule has 2 aromatic rings. The van der Waals surface area contributed by atoms with Gasteiger partial charge >= 0.3 is 0 Å². The molecule has 1 aromatic heterocycles. The Kier molecular flexibility index (Phi) is 6.78. The summed E-state index contributed by atoms with van der Waals surface area (Å²) in [4.78, 5) is 15.8. The third kappa shape index (κ3) is 4.89. The summed E-state index contributed by atoms with van der Waals surface area (Å²) in [7, 11) is 5.12. The van der Waals surface area contributed by atoms with Crippen molar-refractivity contribution in [1.82, 2.24) is 4.90 Å². The van der Waals surface area contributed by atoms with Gasteiger partial charge in [-0.3, -0.25) is 9.69 Å². The SMILES string of the molecule is COc1ccc(CN(C)CC(=O)Nc2sc3c(c2C#N)CC[C@@H](C)C3)c(OC)c1. The Labute approximate surface area is 176 Å². The summed E-state index contributed by atoms with van der Waals surface area (Å²) >= 11 is 1.55. The van der Waals surface area contributed by atoms with Crippen LogP contribution in [0.2, 0.25) is 0 Å². The molecular formula is C22H27N3O3S. The first kappa shape index (κ1) is 21.2. The maximum atomic E-state index is 12.6. The number of ether oxygens (including phenoxy) is 2. The largest absolute Gasteiger partial charge is 0.497 e. The molecule has 154 valence electrons. The average Bonchev–Trinajstić information content (AvgIpc) is 3.03. The van der Waals surface area contributed by atoms with Crippen molar-refractivity contribution in [2.75, 3.05) is 33.1 Å². The predicted molar refractivity (Wildman–Crippen MR) is 115 cm³/mol. The minimum absolute atomic E-state index is 0.122. The molecular weight excluding hydrogens is 386 g/mol. The molecule has 1 aromatic carbocycles. The fourth-order valence-electron chi connectivity index (χ4n) is 3.70. The van der Waals surface area contributed by atoms with Gasteiger partial charge in [-0.25, -0.2) is 0 Å². The van der Waals surface area contributed by atoms with Crippen molar-refractivity contribution < 1.29 is 14.3 Å². The third-order valence-corrected chi connectivity index (χ3v) is 6.39. The first-order valence-corrected chi connectivity index (χ1v) is 10.5. The number of nitrogens with zero attached hydrogens (tertiary/aromatic N) is 2. The van der Waals surface area contributed by atoms with Gasteiger partial charge in [0.15, 0.2) is 0 Å². The fourth-order valence-corrected chi connectivity index (χ4v) is 5.07. The molecule has 29 heavy (non-hydrogen) atoms. The molecule has 1 atom stereocenters. The average molecular weight is 414 g/mol. The van der Waals surface area contributed by atoms with Gasteiger partial charge in [0.1, 0.15) is 22.6 Å². The van der Waals surface area contributed by atoms with Crippen LogP contribution in [0.3, 0.4) is 0 Å². The van der Waals surface area contributed by atoms with Gasteiger partial charge in [0.2, 0.25) is 5.91 Å². The summed E-state index contributed by atoms with van der Waals surface area (Å²) in [6.07, 6.45) is 3.00. The Hall–Kier alpha value is -2.56. The van der Waals surface area contributed by atoms with Crippen molar-refractivity contribution in [3.05, 3.63) is 39.8 Å². The molecule has 0 radical (unpaired) electrons. The number of methoxy groups -OCH3 is 2. The summed E-state index contributed by atoms with van der Waals surface area (Å²) in [5.74, 6) is 1.96. The highest BCUT2D eigenvalue weighted by Crippen LogP contribution is 2.39. The van der Waals surface area contributed by atoms with Gasteiger partial charge in [0.05, 0.1) is 26.3 Å². The number of likely N-dealkylation sites (N-methyl/N-ethyl adjacent to an activating group) is 1. The monoisotopic (exact) mass is 413 g/mol. The molecule has 0 aliphatic heterocycles. The van der Waals surface area contributed by atoms with E-state index in [2.05, 4.69) is 18.3 Å². The minimum atomic E-state index is -0.122. The van der Waals surface area contributed by atoms with Crippen molar-refractivity contribution in [1.29, 1.82) is 5.26 Å². The molecule has 1 aliphatic rings. The Balaban J connectivity index is 1.65. The van der Waals surface area contributed by atoms with Crippen LogP contribution in [0.25, 0.3) is 0 Å². The number of nitriles is 1. The lowest BCUT2D eigenvalue weighted by molar-refractivity contribution is -0.117. The molecule has 1 aliphatic carbocycles. The highest BCUT2D eigenvalue weighted by molar-refractivity contribution is 7.16. The number of thiophene rings is 1. The lowest BCUT2D eigenvalue weighted by atomic mass is 9.89. The van der Waals surface area contributed by atoms with E-state index >= 15 is 0 Å². The number of carbonyl (C=O) groups is 1. The van der Waals surface area contributed by atoms with Crippen molar-refractivity contribution >= 4 is 22.2 Å². The number of anilines is 1. The summed E-state index contributed by atoms with van der Waals surface area (Å²) in [5.41, 5.74) is 2.74. The molecule has 6 nitrogen and oxygen atoms in total. The highest BCUT2D eigenvalue weighted by Gasteiger charge is 2.24. The highest BCUT2D eigenvalue weighted by atomic mass is 32.1. The number of rotatable bonds is 7. The van der Waals surface area contributed by atoms with Crippen molar-refractivity contribution in [2.24, 2.45) is 5.92 Å². The van der Waals surface area contributed by atoms with Crippen molar-refractivity contribution in [2.45, 2.75) is 32.7 Å².